The van der Waals surface area contributed by atoms with Crippen LogP contribution in [-0.4, -0.2) is 39.1 Å². The number of carboxylic acids is 1. The first-order chi connectivity index (χ1) is 6.41. The van der Waals surface area contributed by atoms with E-state index in [1.807, 2.05) is 25.6 Å². The van der Waals surface area contributed by atoms with E-state index >= 15 is 0 Å². The van der Waals surface area contributed by atoms with Crippen LogP contribution in [0.25, 0.3) is 0 Å². The van der Waals surface area contributed by atoms with Crippen molar-refractivity contribution in [2.45, 2.75) is 31.6 Å². The van der Waals surface area contributed by atoms with Gasteiger partial charge >= 0.3 is 5.97 Å². The molecule has 3 nitrogen and oxygen atoms in total. The number of carbonyl (C=O) groups is 1. The average molecular weight is 237 g/mol. The molecule has 0 aliphatic carbocycles. The van der Waals surface area contributed by atoms with E-state index in [1.54, 1.807) is 11.8 Å². The molecule has 0 saturated carbocycles. The van der Waals surface area contributed by atoms with E-state index in [2.05, 4.69) is 6.92 Å². The fourth-order valence-electron chi connectivity index (χ4n) is 0.895. The third-order valence-electron chi connectivity index (χ3n) is 1.92. The molecular formula is C9H19NO2S2. The summed E-state index contributed by atoms with van der Waals surface area (Å²) in [6, 6.07) is -0.792. The number of nitrogens with two attached hydrogens (primary N) is 1. The van der Waals surface area contributed by atoms with Crippen LogP contribution in [0.4, 0.5) is 0 Å². The number of rotatable bonds is 7. The normalized spacial score (nSPS) is 14.0. The molecule has 5 heteroatoms. The maximum absolute atomic E-state index is 10.7. The molecular weight excluding hydrogens is 218 g/mol. The number of carboxylic acid groups (broad SMARTS) is 1. The molecule has 84 valence electrons. The Morgan fingerprint density at radius 2 is 2.07 bits per heavy atom. The molecule has 0 spiro atoms. The Kier molecular flexibility index (Phi) is 6.64. The first-order valence-electron chi connectivity index (χ1n) is 4.62. The lowest BCUT2D eigenvalue weighted by molar-refractivity contribution is -0.139. The van der Waals surface area contributed by atoms with Gasteiger partial charge in [-0.3, -0.25) is 4.79 Å². The zero-order chi connectivity index (χ0) is 11.2. The minimum Gasteiger partial charge on any atom is -0.480 e. The molecule has 0 rings (SSSR count). The molecule has 0 aromatic carbocycles. The zero-order valence-electron chi connectivity index (χ0n) is 8.95. The molecule has 0 amide bonds. The van der Waals surface area contributed by atoms with Crippen molar-refractivity contribution in [2.75, 3.05) is 17.3 Å². The van der Waals surface area contributed by atoms with E-state index in [9.17, 15) is 4.79 Å². The topological polar surface area (TPSA) is 63.3 Å². The van der Waals surface area contributed by atoms with Gasteiger partial charge in [-0.2, -0.15) is 23.5 Å². The van der Waals surface area contributed by atoms with Crippen LogP contribution in [0.3, 0.4) is 0 Å². The Balaban J connectivity index is 3.88. The molecule has 0 aliphatic heterocycles. The first kappa shape index (κ1) is 14.1. The second-order valence-electron chi connectivity index (χ2n) is 3.46. The van der Waals surface area contributed by atoms with E-state index in [0.29, 0.717) is 0 Å². The van der Waals surface area contributed by atoms with Crippen LogP contribution in [-0.2, 0) is 4.79 Å². The molecule has 3 N–H and O–H groups in total. The maximum atomic E-state index is 10.7. The fourth-order valence-corrected chi connectivity index (χ4v) is 2.80. The summed E-state index contributed by atoms with van der Waals surface area (Å²) < 4.78 is -0.389. The van der Waals surface area contributed by atoms with Crippen LogP contribution in [0.5, 0.6) is 0 Å². The van der Waals surface area contributed by atoms with Crippen LogP contribution in [0.2, 0.25) is 0 Å². The summed E-state index contributed by atoms with van der Waals surface area (Å²) in [5, 5.41) is 8.78. The van der Waals surface area contributed by atoms with Gasteiger partial charge in [0.2, 0.25) is 0 Å². The van der Waals surface area contributed by atoms with E-state index in [1.165, 1.54) is 0 Å². The van der Waals surface area contributed by atoms with Crippen molar-refractivity contribution in [2.24, 2.45) is 5.73 Å². The second kappa shape index (κ2) is 6.58. The molecule has 0 fully saturated rings. The van der Waals surface area contributed by atoms with Crippen LogP contribution in [0.1, 0.15) is 20.8 Å². The summed E-state index contributed by atoms with van der Waals surface area (Å²) in [7, 11) is 0. The number of hydrogen-bond donors (Lipinski definition) is 2. The van der Waals surface area contributed by atoms with E-state index in [4.69, 9.17) is 10.8 Å². The second-order valence-corrected chi connectivity index (χ2v) is 6.61. The summed E-state index contributed by atoms with van der Waals surface area (Å²) in [5.41, 5.74) is 5.58. The minimum atomic E-state index is -0.925. The molecule has 0 heterocycles. The van der Waals surface area contributed by atoms with Crippen molar-refractivity contribution in [3.05, 3.63) is 0 Å². The smallest absolute Gasteiger partial charge is 0.321 e. The predicted octanol–water partition coefficient (Wildman–Crippen LogP) is 1.66. The van der Waals surface area contributed by atoms with E-state index in [0.717, 1.165) is 17.3 Å². The van der Waals surface area contributed by atoms with Gasteiger partial charge in [-0.25, -0.2) is 0 Å². The maximum Gasteiger partial charge on any atom is 0.321 e. The van der Waals surface area contributed by atoms with Crippen molar-refractivity contribution >= 4 is 29.5 Å². The van der Waals surface area contributed by atoms with Gasteiger partial charge < -0.3 is 10.8 Å². The lowest BCUT2D eigenvalue weighted by Gasteiger charge is -2.27. The highest BCUT2D eigenvalue weighted by Crippen LogP contribution is 2.27. The number of thioether (sulfide) groups is 2. The summed E-state index contributed by atoms with van der Waals surface area (Å²) in [4.78, 5) is 10.7. The first-order valence-corrected chi connectivity index (χ1v) is 6.76. The molecule has 0 aromatic rings. The Labute approximate surface area is 94.2 Å². The highest BCUT2D eigenvalue weighted by molar-refractivity contribution is 8.03. The monoisotopic (exact) mass is 237 g/mol. The largest absolute Gasteiger partial charge is 0.480 e. The van der Waals surface area contributed by atoms with Crippen molar-refractivity contribution in [3.63, 3.8) is 0 Å². The van der Waals surface area contributed by atoms with Gasteiger partial charge in [-0.05, 0) is 19.6 Å². The highest BCUT2D eigenvalue weighted by Gasteiger charge is 2.32. The molecule has 0 radical (unpaired) electrons. The van der Waals surface area contributed by atoms with Gasteiger partial charge in [0.25, 0.3) is 0 Å². The van der Waals surface area contributed by atoms with Crippen molar-refractivity contribution in [1.82, 2.24) is 0 Å². The van der Waals surface area contributed by atoms with Crippen LogP contribution < -0.4 is 5.73 Å². The summed E-state index contributed by atoms with van der Waals surface area (Å²) in [6.45, 7) is 5.88. The van der Waals surface area contributed by atoms with Crippen molar-refractivity contribution < 1.29 is 9.90 Å². The molecule has 0 bridgehead atoms. The fraction of sp³-hybridized carbons (Fsp3) is 0.889. The number of aliphatic carboxylic acids is 1. The Morgan fingerprint density at radius 1 is 1.50 bits per heavy atom. The van der Waals surface area contributed by atoms with Gasteiger partial charge in [0.1, 0.15) is 6.04 Å². The molecule has 0 saturated heterocycles. The summed E-state index contributed by atoms with van der Waals surface area (Å²) in [6.07, 6.45) is 0. The van der Waals surface area contributed by atoms with E-state index in [-0.39, 0.29) is 4.75 Å². The molecule has 14 heavy (non-hydrogen) atoms. The third kappa shape index (κ3) is 5.12. The zero-order valence-corrected chi connectivity index (χ0v) is 10.6. The molecule has 0 aromatic heterocycles. The van der Waals surface area contributed by atoms with Gasteiger partial charge in [0.05, 0.1) is 0 Å². The number of hydrogen-bond acceptors (Lipinski definition) is 4. The van der Waals surface area contributed by atoms with Gasteiger partial charge in [0, 0.05) is 16.3 Å². The Hall–Kier alpha value is 0.130. The lowest BCUT2D eigenvalue weighted by Crippen LogP contribution is -2.46. The quantitative estimate of drug-likeness (QED) is 0.659. The predicted molar refractivity (Wildman–Crippen MR) is 65.1 cm³/mol. The molecule has 0 aliphatic rings. The average Bonchev–Trinajstić information content (AvgIpc) is 2.11. The van der Waals surface area contributed by atoms with Crippen LogP contribution in [0, 0.1) is 0 Å². The van der Waals surface area contributed by atoms with Crippen molar-refractivity contribution in [3.8, 4) is 0 Å². The molecule has 1 atom stereocenters. The lowest BCUT2D eigenvalue weighted by atomic mass is 10.1. The van der Waals surface area contributed by atoms with Gasteiger partial charge in [-0.1, -0.05) is 6.92 Å². The van der Waals surface area contributed by atoms with Gasteiger partial charge in [-0.15, -0.1) is 0 Å². The standard InChI is InChI=1S/C9H19NO2S2/c1-4-13-5-6-14-9(2,3)7(10)8(11)12/h7H,4-6,10H2,1-3H3,(H,11,12)/t7-/m0/s1. The third-order valence-corrected chi connectivity index (χ3v) is 4.49. The summed E-state index contributed by atoms with van der Waals surface area (Å²) in [5.74, 6) is 2.18. The molecule has 0 unspecified atom stereocenters. The summed E-state index contributed by atoms with van der Waals surface area (Å²) >= 11 is 3.49. The van der Waals surface area contributed by atoms with Gasteiger partial charge in [0.15, 0.2) is 0 Å². The Bertz CT molecular complexity index is 186. The SMILES string of the molecule is CCSCCSC(C)(C)[C@@H](N)C(=O)O. The van der Waals surface area contributed by atoms with Crippen molar-refractivity contribution in [1.29, 1.82) is 0 Å². The van der Waals surface area contributed by atoms with E-state index < -0.39 is 12.0 Å². The van der Waals surface area contributed by atoms with Crippen LogP contribution in [0.15, 0.2) is 0 Å². The van der Waals surface area contributed by atoms with Crippen LogP contribution >= 0.6 is 23.5 Å². The highest BCUT2D eigenvalue weighted by atomic mass is 32.2. The minimum absolute atomic E-state index is 0.389. The Morgan fingerprint density at radius 3 is 2.50 bits per heavy atom.